The van der Waals surface area contributed by atoms with Gasteiger partial charge in [-0.15, -0.1) is 11.3 Å². The predicted molar refractivity (Wildman–Crippen MR) is 217 cm³/mol. The number of nitrogens with zero attached hydrogens (tertiary/aromatic N) is 2. The van der Waals surface area contributed by atoms with E-state index < -0.39 is 0 Å². The van der Waals surface area contributed by atoms with Crippen LogP contribution in [0, 0.1) is 0 Å². The summed E-state index contributed by atoms with van der Waals surface area (Å²) in [6.07, 6.45) is 0. The fraction of sp³-hybridized carbons (Fsp3) is 0. The van der Waals surface area contributed by atoms with E-state index >= 15 is 0 Å². The molecule has 0 fully saturated rings. The highest BCUT2D eigenvalue weighted by Gasteiger charge is 2.16. The minimum Gasteiger partial charge on any atom is -0.228 e. The highest BCUT2D eigenvalue weighted by atomic mass is 32.1. The Morgan fingerprint density at radius 1 is 0.333 bits per heavy atom. The largest absolute Gasteiger partial charge is 0.228 e. The lowest BCUT2D eigenvalue weighted by Gasteiger charge is -2.14. The van der Waals surface area contributed by atoms with Gasteiger partial charge in [-0.2, -0.15) is 0 Å². The molecule has 0 amide bonds. The topological polar surface area (TPSA) is 25.8 Å². The zero-order chi connectivity index (χ0) is 33.7. The summed E-state index contributed by atoms with van der Waals surface area (Å²) in [7, 11) is 0. The zero-order valence-electron chi connectivity index (χ0n) is 27.6. The summed E-state index contributed by atoms with van der Waals surface area (Å²) in [6, 6.07) is 65.0. The molecule has 0 aliphatic rings. The van der Waals surface area contributed by atoms with Gasteiger partial charge < -0.3 is 0 Å². The summed E-state index contributed by atoms with van der Waals surface area (Å²) in [6.45, 7) is 0. The quantitative estimate of drug-likeness (QED) is 0.183. The molecule has 0 aliphatic heterocycles. The van der Waals surface area contributed by atoms with Crippen LogP contribution in [0.5, 0.6) is 0 Å². The number of hydrogen-bond donors (Lipinski definition) is 0. The van der Waals surface area contributed by atoms with Gasteiger partial charge in [-0.3, -0.25) is 0 Å². The van der Waals surface area contributed by atoms with Crippen molar-refractivity contribution in [2.24, 2.45) is 0 Å². The van der Waals surface area contributed by atoms with Gasteiger partial charge in [-0.05, 0) is 86.3 Å². The maximum atomic E-state index is 5.22. The summed E-state index contributed by atoms with van der Waals surface area (Å²) >= 11 is 1.86. The van der Waals surface area contributed by atoms with Gasteiger partial charge in [0, 0.05) is 36.9 Å². The average Bonchev–Trinajstić information content (AvgIpc) is 3.60. The second-order valence-electron chi connectivity index (χ2n) is 13.0. The molecule has 0 saturated carbocycles. The van der Waals surface area contributed by atoms with Crippen molar-refractivity contribution in [3.05, 3.63) is 182 Å². The van der Waals surface area contributed by atoms with Crippen LogP contribution in [0.1, 0.15) is 0 Å². The van der Waals surface area contributed by atoms with Crippen LogP contribution >= 0.6 is 11.3 Å². The Morgan fingerprint density at radius 3 is 1.78 bits per heavy atom. The summed E-state index contributed by atoms with van der Waals surface area (Å²) < 4.78 is 2.64. The van der Waals surface area contributed by atoms with Crippen molar-refractivity contribution in [1.29, 1.82) is 0 Å². The number of thiophene rings is 1. The van der Waals surface area contributed by atoms with Crippen LogP contribution < -0.4 is 0 Å². The fourth-order valence-corrected chi connectivity index (χ4v) is 8.49. The van der Waals surface area contributed by atoms with Crippen LogP contribution in [-0.4, -0.2) is 9.97 Å². The summed E-state index contributed by atoms with van der Waals surface area (Å²) in [5, 5.41) is 7.38. The Bertz CT molecular complexity index is 2910. The van der Waals surface area contributed by atoms with Crippen LogP contribution in [0.3, 0.4) is 0 Å². The lowest BCUT2D eigenvalue weighted by atomic mass is 9.94. The molecule has 51 heavy (non-hydrogen) atoms. The minimum absolute atomic E-state index is 0.712. The molecule has 2 nitrogen and oxygen atoms in total. The Morgan fingerprint density at radius 2 is 0.961 bits per heavy atom. The predicted octanol–water partition coefficient (Wildman–Crippen LogP) is 13.5. The fourth-order valence-electron chi connectivity index (χ4n) is 7.36. The molecule has 3 heteroatoms. The Balaban J connectivity index is 1.12. The third kappa shape index (κ3) is 5.27. The van der Waals surface area contributed by atoms with Crippen molar-refractivity contribution in [3.63, 3.8) is 0 Å². The first-order valence-corrected chi connectivity index (χ1v) is 18.0. The van der Waals surface area contributed by atoms with Crippen LogP contribution in [0.4, 0.5) is 0 Å². The second kappa shape index (κ2) is 12.2. The van der Waals surface area contributed by atoms with E-state index in [2.05, 4.69) is 164 Å². The lowest BCUT2D eigenvalue weighted by Crippen LogP contribution is -1.97. The molecule has 0 bridgehead atoms. The van der Waals surface area contributed by atoms with Gasteiger partial charge in [0.15, 0.2) is 5.82 Å². The van der Waals surface area contributed by atoms with Crippen molar-refractivity contribution in [3.8, 4) is 56.2 Å². The molecular formula is C48H30N2S. The first-order chi connectivity index (χ1) is 25.2. The van der Waals surface area contributed by atoms with Gasteiger partial charge in [-0.25, -0.2) is 9.97 Å². The molecule has 2 heterocycles. The van der Waals surface area contributed by atoms with E-state index in [4.69, 9.17) is 9.97 Å². The van der Waals surface area contributed by atoms with Crippen molar-refractivity contribution in [1.82, 2.24) is 9.97 Å². The van der Waals surface area contributed by atoms with Crippen LogP contribution in [0.15, 0.2) is 182 Å². The number of hydrogen-bond acceptors (Lipinski definition) is 3. The summed E-state index contributed by atoms with van der Waals surface area (Å²) in [5.41, 5.74) is 9.79. The van der Waals surface area contributed by atoms with E-state index in [-0.39, 0.29) is 0 Å². The SMILES string of the molecule is c1ccc(-c2cc(-c3cc(-c4ccc5cc(-c6cccc7sc8ccccc8c67)ccc5c4)nc(-c4ccccc4)n3)c3ccccc3c2)cc1. The van der Waals surface area contributed by atoms with Crippen molar-refractivity contribution < 1.29 is 0 Å². The average molecular weight is 667 g/mol. The molecular weight excluding hydrogens is 637 g/mol. The van der Waals surface area contributed by atoms with Crippen LogP contribution in [0.25, 0.3) is 97.9 Å². The number of rotatable bonds is 5. The molecule has 0 aliphatic carbocycles. The van der Waals surface area contributed by atoms with E-state index in [9.17, 15) is 0 Å². The number of aromatic nitrogens is 2. The normalized spacial score (nSPS) is 11.5. The van der Waals surface area contributed by atoms with E-state index in [1.165, 1.54) is 64.0 Å². The van der Waals surface area contributed by atoms with E-state index in [1.807, 2.05) is 29.5 Å². The van der Waals surface area contributed by atoms with Gasteiger partial charge >= 0.3 is 0 Å². The van der Waals surface area contributed by atoms with Crippen molar-refractivity contribution >= 4 is 53.1 Å². The third-order valence-corrected chi connectivity index (χ3v) is 11.0. The van der Waals surface area contributed by atoms with Gasteiger partial charge in [0.25, 0.3) is 0 Å². The van der Waals surface area contributed by atoms with E-state index in [0.29, 0.717) is 5.82 Å². The van der Waals surface area contributed by atoms with Crippen molar-refractivity contribution in [2.45, 2.75) is 0 Å². The van der Waals surface area contributed by atoms with Crippen LogP contribution in [0.2, 0.25) is 0 Å². The maximum absolute atomic E-state index is 5.22. The standard InChI is InChI=1S/C48H30N2S/c1-3-12-31(13-4-1)38-28-35-16-7-8-17-39(35)42(29-38)44-30-43(49-48(50-44)32-14-5-2-6-15-32)37-25-23-33-26-36(24-22-34(33)27-37)40-19-11-21-46-47(40)41-18-9-10-20-45(41)51-46/h1-30H. The smallest absolute Gasteiger partial charge is 0.160 e. The Hall–Kier alpha value is -6.42. The molecule has 8 aromatic carbocycles. The highest BCUT2D eigenvalue weighted by molar-refractivity contribution is 7.25. The molecule has 0 atom stereocenters. The lowest BCUT2D eigenvalue weighted by molar-refractivity contribution is 1.19. The molecule has 2 aromatic heterocycles. The van der Waals surface area contributed by atoms with E-state index in [1.54, 1.807) is 0 Å². The van der Waals surface area contributed by atoms with Gasteiger partial charge in [-0.1, -0.05) is 140 Å². The van der Waals surface area contributed by atoms with Crippen molar-refractivity contribution in [2.75, 3.05) is 0 Å². The highest BCUT2D eigenvalue weighted by Crippen LogP contribution is 2.41. The molecule has 0 saturated heterocycles. The molecule has 0 spiro atoms. The molecule has 0 unspecified atom stereocenters. The number of fused-ring (bicyclic) bond motifs is 5. The second-order valence-corrected chi connectivity index (χ2v) is 14.1. The zero-order valence-corrected chi connectivity index (χ0v) is 28.4. The first-order valence-electron chi connectivity index (χ1n) is 17.2. The van der Waals surface area contributed by atoms with Gasteiger partial charge in [0.2, 0.25) is 0 Å². The monoisotopic (exact) mass is 666 g/mol. The molecule has 0 N–H and O–H groups in total. The number of benzene rings is 8. The van der Waals surface area contributed by atoms with E-state index in [0.717, 1.165) is 28.1 Å². The maximum Gasteiger partial charge on any atom is 0.160 e. The molecule has 0 radical (unpaired) electrons. The summed E-state index contributed by atoms with van der Waals surface area (Å²) in [5.74, 6) is 0.712. The molecule has 10 rings (SSSR count). The third-order valence-electron chi connectivity index (χ3n) is 9.85. The Kier molecular flexibility index (Phi) is 7.04. The minimum atomic E-state index is 0.712. The van der Waals surface area contributed by atoms with Gasteiger partial charge in [0.1, 0.15) is 0 Å². The Labute approximate surface area is 300 Å². The summed E-state index contributed by atoms with van der Waals surface area (Å²) in [4.78, 5) is 10.4. The molecule has 10 aromatic rings. The first kappa shape index (κ1) is 29.5. The van der Waals surface area contributed by atoms with Crippen LogP contribution in [-0.2, 0) is 0 Å². The molecule has 238 valence electrons. The van der Waals surface area contributed by atoms with Gasteiger partial charge in [0.05, 0.1) is 11.4 Å².